The SMILES string of the molecule is O=C(NC1CCc2nn(Cc3cccnc3)c(=O)n2CC1)c1ccc(-n2ccnc2)cc1. The third-order valence-electron chi connectivity index (χ3n) is 5.74. The molecule has 1 aliphatic heterocycles. The van der Waals surface area contributed by atoms with Gasteiger partial charge in [0.15, 0.2) is 0 Å². The minimum absolute atomic E-state index is 0.0105. The van der Waals surface area contributed by atoms with Crippen LogP contribution in [0.3, 0.4) is 0 Å². The van der Waals surface area contributed by atoms with Crippen LogP contribution in [0.4, 0.5) is 0 Å². The molecule has 1 aromatic carbocycles. The van der Waals surface area contributed by atoms with Crippen LogP contribution in [0.5, 0.6) is 0 Å². The topological polar surface area (TPSA) is 99.6 Å². The number of rotatable bonds is 5. The van der Waals surface area contributed by atoms with Crippen molar-refractivity contribution in [1.82, 2.24) is 34.2 Å². The van der Waals surface area contributed by atoms with E-state index < -0.39 is 0 Å². The molecule has 32 heavy (non-hydrogen) atoms. The van der Waals surface area contributed by atoms with Crippen LogP contribution >= 0.6 is 0 Å². The largest absolute Gasteiger partial charge is 0.349 e. The highest BCUT2D eigenvalue weighted by molar-refractivity contribution is 5.94. The first-order valence-electron chi connectivity index (χ1n) is 10.6. The number of hydrogen-bond donors (Lipinski definition) is 1. The molecule has 9 nitrogen and oxygen atoms in total. The lowest BCUT2D eigenvalue weighted by molar-refractivity contribution is 0.0933. The highest BCUT2D eigenvalue weighted by Crippen LogP contribution is 2.14. The van der Waals surface area contributed by atoms with Gasteiger partial charge in [0.1, 0.15) is 5.82 Å². The van der Waals surface area contributed by atoms with Crippen LogP contribution in [-0.4, -0.2) is 40.8 Å². The number of aryl methyl sites for hydroxylation is 1. The predicted octanol–water partition coefficient (Wildman–Crippen LogP) is 1.81. The van der Waals surface area contributed by atoms with Gasteiger partial charge in [0.05, 0.1) is 12.9 Å². The van der Waals surface area contributed by atoms with Crippen molar-refractivity contribution in [2.24, 2.45) is 0 Å². The summed E-state index contributed by atoms with van der Waals surface area (Å²) in [4.78, 5) is 33.7. The fourth-order valence-electron chi connectivity index (χ4n) is 4.01. The molecule has 4 heterocycles. The molecule has 1 unspecified atom stereocenters. The molecule has 0 fully saturated rings. The molecule has 0 bridgehead atoms. The van der Waals surface area contributed by atoms with Crippen molar-refractivity contribution in [3.8, 4) is 5.69 Å². The first-order valence-corrected chi connectivity index (χ1v) is 10.6. The quantitative estimate of drug-likeness (QED) is 0.522. The Morgan fingerprint density at radius 1 is 1.09 bits per heavy atom. The van der Waals surface area contributed by atoms with Gasteiger partial charge >= 0.3 is 5.69 Å². The Balaban J connectivity index is 1.22. The van der Waals surface area contributed by atoms with E-state index in [1.807, 2.05) is 47.2 Å². The highest BCUT2D eigenvalue weighted by atomic mass is 16.2. The van der Waals surface area contributed by atoms with Gasteiger partial charge in [0.25, 0.3) is 5.91 Å². The number of carbonyl (C=O) groups excluding carboxylic acids is 1. The van der Waals surface area contributed by atoms with E-state index in [0.29, 0.717) is 31.5 Å². The number of benzene rings is 1. The number of aromatic nitrogens is 6. The van der Waals surface area contributed by atoms with Crippen LogP contribution in [0, 0.1) is 0 Å². The number of nitrogens with zero attached hydrogens (tertiary/aromatic N) is 6. The van der Waals surface area contributed by atoms with Gasteiger partial charge in [0, 0.05) is 55.0 Å². The van der Waals surface area contributed by atoms with Gasteiger partial charge in [0.2, 0.25) is 0 Å². The zero-order valence-electron chi connectivity index (χ0n) is 17.5. The van der Waals surface area contributed by atoms with E-state index in [2.05, 4.69) is 20.4 Å². The lowest BCUT2D eigenvalue weighted by Gasteiger charge is -2.16. The Labute approximate surface area is 184 Å². The molecule has 0 spiro atoms. The number of carbonyl (C=O) groups is 1. The second-order valence-electron chi connectivity index (χ2n) is 7.88. The van der Waals surface area contributed by atoms with Crippen molar-refractivity contribution in [2.75, 3.05) is 0 Å². The van der Waals surface area contributed by atoms with Gasteiger partial charge in [-0.3, -0.25) is 14.3 Å². The van der Waals surface area contributed by atoms with Crippen LogP contribution in [-0.2, 0) is 19.5 Å². The third kappa shape index (κ3) is 4.09. The van der Waals surface area contributed by atoms with Crippen molar-refractivity contribution in [3.05, 3.63) is 94.9 Å². The molecule has 1 atom stereocenters. The van der Waals surface area contributed by atoms with E-state index in [1.54, 1.807) is 29.5 Å². The van der Waals surface area contributed by atoms with E-state index in [9.17, 15) is 9.59 Å². The average molecular weight is 429 g/mol. The minimum atomic E-state index is -0.120. The Kier molecular flexibility index (Phi) is 5.37. The maximum atomic E-state index is 12.8. The molecule has 4 aromatic rings. The molecule has 5 rings (SSSR count). The number of fused-ring (bicyclic) bond motifs is 1. The minimum Gasteiger partial charge on any atom is -0.349 e. The molecule has 1 N–H and O–H groups in total. The van der Waals surface area contributed by atoms with Crippen LogP contribution in [0.1, 0.15) is 34.6 Å². The number of imidazole rings is 1. The molecule has 3 aromatic heterocycles. The highest BCUT2D eigenvalue weighted by Gasteiger charge is 2.22. The maximum Gasteiger partial charge on any atom is 0.346 e. The zero-order valence-corrected chi connectivity index (χ0v) is 17.5. The van der Waals surface area contributed by atoms with Crippen molar-refractivity contribution in [1.29, 1.82) is 0 Å². The van der Waals surface area contributed by atoms with E-state index in [-0.39, 0.29) is 17.6 Å². The fourth-order valence-corrected chi connectivity index (χ4v) is 4.01. The van der Waals surface area contributed by atoms with Crippen LogP contribution in [0.15, 0.2) is 72.3 Å². The molecular formula is C23H23N7O2. The van der Waals surface area contributed by atoms with Gasteiger partial charge in [-0.25, -0.2) is 14.5 Å². The summed E-state index contributed by atoms with van der Waals surface area (Å²) in [6.45, 7) is 0.938. The first-order chi connectivity index (χ1) is 15.7. The van der Waals surface area contributed by atoms with Crippen LogP contribution < -0.4 is 11.0 Å². The smallest absolute Gasteiger partial charge is 0.346 e. The van der Waals surface area contributed by atoms with Crippen molar-refractivity contribution in [3.63, 3.8) is 0 Å². The number of amides is 1. The van der Waals surface area contributed by atoms with Crippen molar-refractivity contribution < 1.29 is 4.79 Å². The lowest BCUT2D eigenvalue weighted by atomic mass is 10.1. The Morgan fingerprint density at radius 2 is 1.97 bits per heavy atom. The monoisotopic (exact) mass is 429 g/mol. The summed E-state index contributed by atoms with van der Waals surface area (Å²) in [5.74, 6) is 0.654. The molecule has 162 valence electrons. The summed E-state index contributed by atoms with van der Waals surface area (Å²) in [6.07, 6.45) is 10.8. The summed E-state index contributed by atoms with van der Waals surface area (Å²) >= 11 is 0. The maximum absolute atomic E-state index is 12.8. The standard InChI is InChI=1S/C23H23N7O2/c31-22(18-3-6-20(7-4-18)28-13-11-25-16-28)26-19-5-8-21-27-30(23(32)29(21)12-9-19)15-17-2-1-10-24-14-17/h1-4,6-7,10-11,13-14,16,19H,5,8-9,12,15H2,(H,26,31). The number of nitrogens with one attached hydrogen (secondary N) is 1. The van der Waals surface area contributed by atoms with Crippen LogP contribution in [0.2, 0.25) is 0 Å². The van der Waals surface area contributed by atoms with E-state index >= 15 is 0 Å². The lowest BCUT2D eigenvalue weighted by Crippen LogP contribution is -2.35. The van der Waals surface area contributed by atoms with Gasteiger partial charge in [-0.2, -0.15) is 5.10 Å². The molecule has 1 amide bonds. The molecule has 1 aliphatic rings. The Morgan fingerprint density at radius 3 is 2.72 bits per heavy atom. The predicted molar refractivity (Wildman–Crippen MR) is 118 cm³/mol. The molecule has 0 saturated heterocycles. The number of hydrogen-bond acceptors (Lipinski definition) is 5. The van der Waals surface area contributed by atoms with E-state index in [4.69, 9.17) is 0 Å². The number of pyridine rings is 1. The van der Waals surface area contributed by atoms with Gasteiger partial charge in [-0.15, -0.1) is 0 Å². The Hall–Kier alpha value is -4.01. The van der Waals surface area contributed by atoms with Crippen LogP contribution in [0.25, 0.3) is 5.69 Å². The van der Waals surface area contributed by atoms with E-state index in [1.165, 1.54) is 4.68 Å². The van der Waals surface area contributed by atoms with Crippen molar-refractivity contribution in [2.45, 2.75) is 38.4 Å². The summed E-state index contributed by atoms with van der Waals surface area (Å²) < 4.78 is 5.10. The first kappa shape index (κ1) is 19.9. The second-order valence-corrected chi connectivity index (χ2v) is 7.88. The second kappa shape index (κ2) is 8.62. The van der Waals surface area contributed by atoms with Gasteiger partial charge < -0.3 is 9.88 Å². The molecule has 9 heteroatoms. The summed E-state index contributed by atoms with van der Waals surface area (Å²) in [5, 5.41) is 7.64. The molecule has 0 radical (unpaired) electrons. The molecule has 0 saturated carbocycles. The van der Waals surface area contributed by atoms with Crippen molar-refractivity contribution >= 4 is 5.91 Å². The van der Waals surface area contributed by atoms with E-state index in [0.717, 1.165) is 23.5 Å². The normalized spacial score (nSPS) is 15.7. The third-order valence-corrected chi connectivity index (χ3v) is 5.74. The summed E-state index contributed by atoms with van der Waals surface area (Å²) in [7, 11) is 0. The van der Waals surface area contributed by atoms with Gasteiger partial charge in [-0.05, 0) is 48.7 Å². The average Bonchev–Trinajstić information content (AvgIpc) is 3.40. The summed E-state index contributed by atoms with van der Waals surface area (Å²) in [6, 6.07) is 11.2. The molecule has 0 aliphatic carbocycles. The Bertz CT molecular complexity index is 1260. The van der Waals surface area contributed by atoms with Gasteiger partial charge in [-0.1, -0.05) is 6.07 Å². The summed E-state index contributed by atoms with van der Waals surface area (Å²) in [5.41, 5.74) is 2.37. The zero-order chi connectivity index (χ0) is 21.9. The molecular weight excluding hydrogens is 406 g/mol. The fraction of sp³-hybridized carbons (Fsp3) is 0.261.